The Balaban J connectivity index is 5.58. The van der Waals surface area contributed by atoms with Crippen LogP contribution >= 0.6 is 69.6 Å². The molecule has 1 nitrogen and oxygen atoms in total. The van der Waals surface area contributed by atoms with E-state index < -0.39 is 25.7 Å². The van der Waals surface area contributed by atoms with E-state index in [4.69, 9.17) is 34.8 Å². The number of hydrogen-bond donors (Lipinski definition) is 0. The Bertz CT molecular complexity index is 291. The van der Waals surface area contributed by atoms with Gasteiger partial charge in [-0.05, 0) is 11.6 Å². The van der Waals surface area contributed by atoms with Crippen LogP contribution in [0.5, 0.6) is 0 Å². The van der Waals surface area contributed by atoms with Crippen molar-refractivity contribution < 1.29 is 31.1 Å². The van der Waals surface area contributed by atoms with Crippen LogP contribution in [-0.4, -0.2) is 25.7 Å². The van der Waals surface area contributed by atoms with E-state index in [0.29, 0.717) is 0 Å². The summed E-state index contributed by atoms with van der Waals surface area (Å²) in [5.74, 6) is -5.58. The molecule has 0 aromatic carbocycles. The zero-order chi connectivity index (χ0) is 15.2. The minimum atomic E-state index is -6.21. The van der Waals surface area contributed by atoms with E-state index in [1.54, 1.807) is 0 Å². The maximum atomic E-state index is 13.3. The fourth-order valence-corrected chi connectivity index (χ4v) is 1.02. The van der Waals surface area contributed by atoms with Gasteiger partial charge in [-0.15, -0.1) is 0 Å². The van der Waals surface area contributed by atoms with Crippen molar-refractivity contribution in [3.05, 3.63) is 0 Å². The molecule has 0 aliphatic rings. The molecule has 0 amide bonds. The van der Waals surface area contributed by atoms with E-state index >= 15 is 0 Å². The van der Waals surface area contributed by atoms with Crippen LogP contribution in [0.25, 0.3) is 0 Å². The Morgan fingerprint density at radius 2 is 1.00 bits per heavy atom. The van der Waals surface area contributed by atoms with E-state index in [1.165, 1.54) is 0 Å². The van der Waals surface area contributed by atoms with Crippen LogP contribution in [0, 0.1) is 0 Å². The van der Waals surface area contributed by atoms with E-state index in [9.17, 15) is 26.3 Å². The fraction of sp³-hybridized carbons (Fsp3) is 1.00. The van der Waals surface area contributed by atoms with E-state index in [0.717, 1.165) is 0 Å². The van der Waals surface area contributed by atoms with Crippen molar-refractivity contribution in [2.75, 3.05) is 0 Å². The first-order valence-corrected chi connectivity index (χ1v) is 5.69. The zero-order valence-corrected chi connectivity index (χ0v) is 12.0. The average Bonchev–Trinajstić information content (AvgIpc) is 1.95. The van der Waals surface area contributed by atoms with Crippen LogP contribution < -0.4 is 0 Å². The second-order valence-electron chi connectivity index (χ2n) is 2.71. The predicted octanol–water partition coefficient (Wildman–Crippen LogP) is 5.56. The highest BCUT2D eigenvalue weighted by Gasteiger charge is 2.75. The van der Waals surface area contributed by atoms with Crippen LogP contribution in [-0.2, 0) is 4.74 Å². The minimum Gasteiger partial charge on any atom is -0.280 e. The smallest absolute Gasteiger partial charge is 0.280 e. The van der Waals surface area contributed by atoms with Gasteiger partial charge in [-0.3, -0.25) is 4.74 Å². The molecule has 0 aromatic rings. The predicted molar refractivity (Wildman–Crippen MR) is 56.5 cm³/mol. The van der Waals surface area contributed by atoms with Gasteiger partial charge in [-0.25, -0.2) is 4.39 Å². The lowest BCUT2D eigenvalue weighted by molar-refractivity contribution is -0.381. The lowest BCUT2D eigenvalue weighted by Crippen LogP contribution is -2.59. The first-order chi connectivity index (χ1) is 7.46. The molecular weight excluding hydrogens is 403 g/mol. The Hall–Kier alpha value is 1.28. The van der Waals surface area contributed by atoms with Gasteiger partial charge in [0.25, 0.3) is 3.79 Å². The number of rotatable bonds is 3. The lowest BCUT2D eigenvalue weighted by Gasteiger charge is -2.37. The van der Waals surface area contributed by atoms with Gasteiger partial charge in [0.2, 0.25) is 0 Å². The van der Waals surface area contributed by atoms with Crippen LogP contribution in [0.2, 0.25) is 0 Å². The zero-order valence-electron chi connectivity index (χ0n) is 7.44. The van der Waals surface area contributed by atoms with Gasteiger partial charge < -0.3 is 0 Å². The average molecular weight is 403 g/mol. The summed E-state index contributed by atoms with van der Waals surface area (Å²) >= 11 is 27.6. The van der Waals surface area contributed by atoms with Crippen molar-refractivity contribution in [2.24, 2.45) is 0 Å². The monoisotopic (exact) mass is 400 g/mol. The molecule has 0 aromatic heterocycles. The molecule has 0 bridgehead atoms. The molecule has 0 radical (unpaired) electrons. The molecule has 0 saturated heterocycles. The molecular formula is C5Cl6F6O. The molecule has 0 N–H and O–H groups in total. The molecule has 2 unspecified atom stereocenters. The number of hydrogen-bond acceptors (Lipinski definition) is 1. The molecule has 0 aliphatic heterocycles. The summed E-state index contributed by atoms with van der Waals surface area (Å²) in [4.78, 5) is 0. The fourth-order valence-electron chi connectivity index (χ4n) is 0.511. The quantitative estimate of drug-likeness (QED) is 0.443. The van der Waals surface area contributed by atoms with Crippen molar-refractivity contribution in [3.63, 3.8) is 0 Å². The standard InChI is InChI=1S/C5Cl6F6O/c6-2(7,8)4(11,14)18-1(12,3(9,10)13)5(15,16)17. The highest BCUT2D eigenvalue weighted by atomic mass is 35.6. The molecule has 13 heteroatoms. The minimum absolute atomic E-state index is 2.99. The van der Waals surface area contributed by atoms with Crippen molar-refractivity contribution in [1.82, 2.24) is 0 Å². The second-order valence-corrected chi connectivity index (χ2v) is 6.71. The molecule has 2 atom stereocenters. The van der Waals surface area contributed by atoms with Crippen molar-refractivity contribution >= 4 is 69.6 Å². The first kappa shape index (κ1) is 19.3. The van der Waals surface area contributed by atoms with Gasteiger partial charge in [0.15, 0.2) is 0 Å². The molecule has 0 aliphatic carbocycles. The normalized spacial score (nSPS) is 21.3. The van der Waals surface area contributed by atoms with Gasteiger partial charge in [0.05, 0.1) is 0 Å². The maximum absolute atomic E-state index is 13.3. The van der Waals surface area contributed by atoms with Gasteiger partial charge in [-0.1, -0.05) is 58.0 Å². The maximum Gasteiger partial charge on any atom is 0.454 e. The van der Waals surface area contributed by atoms with E-state index in [-0.39, 0.29) is 0 Å². The number of alkyl halides is 12. The summed E-state index contributed by atoms with van der Waals surface area (Å²) in [6.45, 7) is 0. The molecule has 0 spiro atoms. The Labute approximate surface area is 126 Å². The Morgan fingerprint density at radius 3 is 1.17 bits per heavy atom. The molecule has 110 valence electrons. The van der Waals surface area contributed by atoms with Crippen LogP contribution in [0.1, 0.15) is 0 Å². The molecule has 0 rings (SSSR count). The highest BCUT2D eigenvalue weighted by Crippen LogP contribution is 2.56. The molecule has 18 heavy (non-hydrogen) atoms. The van der Waals surface area contributed by atoms with Gasteiger partial charge in [-0.2, -0.15) is 22.0 Å². The van der Waals surface area contributed by atoms with Crippen molar-refractivity contribution in [2.45, 2.75) is 25.7 Å². The Morgan fingerprint density at radius 1 is 0.667 bits per heavy atom. The first-order valence-electron chi connectivity index (χ1n) is 3.43. The van der Waals surface area contributed by atoms with Gasteiger partial charge >= 0.3 is 21.9 Å². The third kappa shape index (κ3) is 3.90. The Kier molecular flexibility index (Phi) is 5.61. The summed E-state index contributed by atoms with van der Waals surface area (Å²) in [6, 6.07) is 0. The third-order valence-corrected chi connectivity index (χ3v) is 3.19. The largest absolute Gasteiger partial charge is 0.454 e. The van der Waals surface area contributed by atoms with Crippen molar-refractivity contribution in [1.29, 1.82) is 0 Å². The SMILES string of the molecule is FC(F)(F)C(F)(OC(F)(Cl)C(Cl)(Cl)Cl)C(F)(Cl)Cl. The van der Waals surface area contributed by atoms with E-state index in [2.05, 4.69) is 39.5 Å². The number of halogens is 12. The van der Waals surface area contributed by atoms with Gasteiger partial charge in [0, 0.05) is 0 Å². The number of ether oxygens (including phenoxy) is 1. The van der Waals surface area contributed by atoms with E-state index in [1.807, 2.05) is 0 Å². The summed E-state index contributed by atoms with van der Waals surface area (Å²) in [6.07, 6.45) is -6.21. The molecule has 0 fully saturated rings. The van der Waals surface area contributed by atoms with Crippen LogP contribution in [0.4, 0.5) is 26.3 Å². The topological polar surface area (TPSA) is 9.23 Å². The molecule has 0 saturated carbocycles. The van der Waals surface area contributed by atoms with Crippen LogP contribution in [0.15, 0.2) is 0 Å². The third-order valence-electron chi connectivity index (χ3n) is 1.33. The summed E-state index contributed by atoms with van der Waals surface area (Å²) in [7, 11) is 0. The van der Waals surface area contributed by atoms with Crippen molar-refractivity contribution in [3.8, 4) is 0 Å². The summed E-state index contributed by atoms with van der Waals surface area (Å²) in [5.41, 5.74) is 0. The molecule has 0 heterocycles. The van der Waals surface area contributed by atoms with Crippen LogP contribution in [0.3, 0.4) is 0 Å². The van der Waals surface area contributed by atoms with Gasteiger partial charge in [0.1, 0.15) is 0 Å². The summed E-state index contributed by atoms with van der Waals surface area (Å²) < 4.78 is 71.0. The highest BCUT2D eigenvalue weighted by molar-refractivity contribution is 6.70. The summed E-state index contributed by atoms with van der Waals surface area (Å²) in [5, 5.41) is -4.40. The second kappa shape index (κ2) is 5.24. The lowest BCUT2D eigenvalue weighted by atomic mass is 10.3.